The summed E-state index contributed by atoms with van der Waals surface area (Å²) in [6.07, 6.45) is 3.80. The molecule has 21 heavy (non-hydrogen) atoms. The second-order valence-corrected chi connectivity index (χ2v) is 4.52. The number of aromatic nitrogens is 1. The number of nitrogens with one attached hydrogen (secondary N) is 1. The van der Waals surface area contributed by atoms with Crippen LogP contribution in [-0.4, -0.2) is 40.6 Å². The number of carbonyl (C=O) groups is 2. The van der Waals surface area contributed by atoms with E-state index in [9.17, 15) is 9.59 Å². The summed E-state index contributed by atoms with van der Waals surface area (Å²) in [6.45, 7) is -0.693. The fourth-order valence-corrected chi connectivity index (χ4v) is 1.91. The van der Waals surface area contributed by atoms with Gasteiger partial charge in [-0.05, 0) is 36.4 Å². The lowest BCUT2D eigenvalue weighted by molar-refractivity contribution is -0.123. The van der Waals surface area contributed by atoms with Crippen LogP contribution >= 0.6 is 0 Å². The maximum absolute atomic E-state index is 12.0. The number of amides is 1. The molecule has 6 heteroatoms. The quantitative estimate of drug-likeness (QED) is 0.701. The number of nitrogens with zero attached hydrogens (tertiary/aromatic N) is 1. The van der Waals surface area contributed by atoms with E-state index in [0.29, 0.717) is 5.56 Å². The van der Waals surface area contributed by atoms with Gasteiger partial charge in [-0.1, -0.05) is 0 Å². The van der Waals surface area contributed by atoms with Gasteiger partial charge in [0.1, 0.15) is 12.6 Å². The van der Waals surface area contributed by atoms with Crippen LogP contribution in [0.4, 0.5) is 0 Å². The van der Waals surface area contributed by atoms with Crippen molar-refractivity contribution < 1.29 is 14.7 Å². The number of Topliss-reactive ketones (excluding diaryl/α,β-unsaturated/α-hetero) is 1. The van der Waals surface area contributed by atoms with Gasteiger partial charge in [0.2, 0.25) is 0 Å². The highest BCUT2D eigenvalue weighted by Crippen LogP contribution is 2.10. The van der Waals surface area contributed by atoms with E-state index in [2.05, 4.69) is 5.32 Å². The van der Waals surface area contributed by atoms with Crippen LogP contribution in [0.5, 0.6) is 0 Å². The molecular weight excluding hydrogens is 270 g/mol. The number of carbonyl (C=O) groups excluding carboxylic acids is 2. The molecule has 1 aromatic heterocycles. The van der Waals surface area contributed by atoms with Crippen molar-refractivity contribution >= 4 is 11.7 Å². The Labute approximate surface area is 122 Å². The highest BCUT2D eigenvalue weighted by molar-refractivity contribution is 5.98. The molecular formula is C15H17N3O3. The number of hydrogen-bond acceptors (Lipinski definition) is 4. The molecule has 1 atom stereocenters. The first-order chi connectivity index (χ1) is 10.2. The summed E-state index contributed by atoms with van der Waals surface area (Å²) in [5, 5.41) is 11.3. The van der Waals surface area contributed by atoms with Gasteiger partial charge in [0, 0.05) is 30.2 Å². The van der Waals surface area contributed by atoms with Crippen molar-refractivity contribution in [3.63, 3.8) is 0 Å². The maximum Gasteiger partial charge on any atom is 0.251 e. The van der Waals surface area contributed by atoms with E-state index in [1.165, 1.54) is 0 Å². The number of hydrogen-bond donors (Lipinski definition) is 3. The normalized spacial score (nSPS) is 11.9. The Balaban J connectivity index is 2.08. The number of aliphatic hydroxyl groups is 1. The average molecular weight is 287 g/mol. The molecule has 0 aliphatic heterocycles. The molecule has 0 spiro atoms. The third kappa shape index (κ3) is 3.56. The Kier molecular flexibility index (Phi) is 4.86. The lowest BCUT2D eigenvalue weighted by Crippen LogP contribution is -2.46. The van der Waals surface area contributed by atoms with Crippen LogP contribution in [0.2, 0.25) is 0 Å². The fourth-order valence-electron chi connectivity index (χ4n) is 1.91. The fraction of sp³-hybridized carbons (Fsp3) is 0.200. The Bertz CT molecular complexity index is 606. The first-order valence-corrected chi connectivity index (χ1v) is 6.53. The summed E-state index contributed by atoms with van der Waals surface area (Å²) in [6, 6.07) is 9.90. The summed E-state index contributed by atoms with van der Waals surface area (Å²) in [5.41, 5.74) is 6.77. The van der Waals surface area contributed by atoms with Crippen molar-refractivity contribution in [2.24, 2.45) is 5.73 Å². The molecule has 110 valence electrons. The van der Waals surface area contributed by atoms with Gasteiger partial charge in [-0.2, -0.15) is 0 Å². The average Bonchev–Trinajstić information content (AvgIpc) is 3.06. The smallest absolute Gasteiger partial charge is 0.251 e. The number of ketones is 1. The van der Waals surface area contributed by atoms with Gasteiger partial charge in [0.05, 0.1) is 0 Å². The second kappa shape index (κ2) is 6.83. The first kappa shape index (κ1) is 15.0. The molecule has 1 amide bonds. The lowest BCUT2D eigenvalue weighted by Gasteiger charge is -2.14. The highest BCUT2D eigenvalue weighted by Gasteiger charge is 2.18. The maximum atomic E-state index is 12.0. The van der Waals surface area contributed by atoms with Crippen LogP contribution in [-0.2, 0) is 4.79 Å². The first-order valence-electron chi connectivity index (χ1n) is 6.53. The molecule has 0 unspecified atom stereocenters. The lowest BCUT2D eigenvalue weighted by atomic mass is 10.1. The molecule has 4 N–H and O–H groups in total. The molecule has 0 aliphatic carbocycles. The van der Waals surface area contributed by atoms with Gasteiger partial charge in [-0.25, -0.2) is 0 Å². The van der Waals surface area contributed by atoms with Crippen LogP contribution in [0.15, 0.2) is 48.8 Å². The Morgan fingerprint density at radius 1 is 1.19 bits per heavy atom. The number of aliphatic hydroxyl groups excluding tert-OH is 1. The zero-order valence-electron chi connectivity index (χ0n) is 11.4. The van der Waals surface area contributed by atoms with E-state index < -0.39 is 24.3 Å². The van der Waals surface area contributed by atoms with Gasteiger partial charge in [-0.3, -0.25) is 9.59 Å². The molecule has 0 saturated heterocycles. The van der Waals surface area contributed by atoms with E-state index in [0.717, 1.165) is 5.69 Å². The predicted molar refractivity (Wildman–Crippen MR) is 78.2 cm³/mol. The minimum Gasteiger partial charge on any atom is -0.388 e. The van der Waals surface area contributed by atoms with E-state index in [1.807, 2.05) is 29.1 Å². The minimum atomic E-state index is -0.869. The third-order valence-electron chi connectivity index (χ3n) is 3.12. The summed E-state index contributed by atoms with van der Waals surface area (Å²) in [7, 11) is 0. The van der Waals surface area contributed by atoms with Gasteiger partial charge >= 0.3 is 0 Å². The van der Waals surface area contributed by atoms with Gasteiger partial charge < -0.3 is 20.7 Å². The third-order valence-corrected chi connectivity index (χ3v) is 3.12. The molecule has 2 rings (SSSR count). The van der Waals surface area contributed by atoms with Crippen molar-refractivity contribution in [3.05, 3.63) is 54.4 Å². The van der Waals surface area contributed by atoms with Crippen molar-refractivity contribution in [1.29, 1.82) is 0 Å². The molecule has 1 aromatic carbocycles. The topological polar surface area (TPSA) is 97.4 Å². The standard InChI is InChI=1S/C15H17N3O3/c16-9-13(14(20)10-19)17-15(21)11-3-5-12(6-4-11)18-7-1-2-8-18/h1-8,13,19H,9-10,16H2,(H,17,21)/t13-/m0/s1. The van der Waals surface area contributed by atoms with E-state index >= 15 is 0 Å². The number of nitrogens with two attached hydrogens (primary N) is 1. The van der Waals surface area contributed by atoms with Crippen molar-refractivity contribution in [3.8, 4) is 5.69 Å². The largest absolute Gasteiger partial charge is 0.388 e. The number of benzene rings is 1. The van der Waals surface area contributed by atoms with E-state index in [-0.39, 0.29) is 6.54 Å². The van der Waals surface area contributed by atoms with Crippen molar-refractivity contribution in [2.75, 3.05) is 13.2 Å². The monoisotopic (exact) mass is 287 g/mol. The molecule has 2 aromatic rings. The molecule has 6 nitrogen and oxygen atoms in total. The molecule has 0 radical (unpaired) electrons. The van der Waals surface area contributed by atoms with Gasteiger partial charge in [0.15, 0.2) is 5.78 Å². The SMILES string of the molecule is NC[C@H](NC(=O)c1ccc(-n2cccc2)cc1)C(=O)CO. The summed E-state index contributed by atoms with van der Waals surface area (Å²) < 4.78 is 1.92. The molecule has 0 bridgehead atoms. The summed E-state index contributed by atoms with van der Waals surface area (Å²) in [4.78, 5) is 23.4. The molecule has 0 saturated carbocycles. The molecule has 0 aliphatic rings. The Hall–Kier alpha value is -2.44. The van der Waals surface area contributed by atoms with Crippen LogP contribution < -0.4 is 11.1 Å². The highest BCUT2D eigenvalue weighted by atomic mass is 16.3. The van der Waals surface area contributed by atoms with Crippen LogP contribution in [0.1, 0.15) is 10.4 Å². The summed E-state index contributed by atoms with van der Waals surface area (Å²) in [5.74, 6) is -0.902. The second-order valence-electron chi connectivity index (χ2n) is 4.52. The van der Waals surface area contributed by atoms with Gasteiger partial charge in [-0.15, -0.1) is 0 Å². The van der Waals surface area contributed by atoms with Crippen LogP contribution in [0.3, 0.4) is 0 Å². The summed E-state index contributed by atoms with van der Waals surface area (Å²) >= 11 is 0. The number of rotatable bonds is 6. The predicted octanol–water partition coefficient (Wildman–Crippen LogP) is 0.0958. The zero-order chi connectivity index (χ0) is 15.2. The van der Waals surface area contributed by atoms with Crippen LogP contribution in [0, 0.1) is 0 Å². The van der Waals surface area contributed by atoms with E-state index in [1.54, 1.807) is 24.3 Å². The van der Waals surface area contributed by atoms with Crippen LogP contribution in [0.25, 0.3) is 5.69 Å². The minimum absolute atomic E-state index is 0.0490. The molecule has 0 fully saturated rings. The Morgan fingerprint density at radius 2 is 1.81 bits per heavy atom. The zero-order valence-corrected chi connectivity index (χ0v) is 11.4. The van der Waals surface area contributed by atoms with Crippen molar-refractivity contribution in [1.82, 2.24) is 9.88 Å². The Morgan fingerprint density at radius 3 is 2.33 bits per heavy atom. The van der Waals surface area contributed by atoms with Gasteiger partial charge in [0.25, 0.3) is 5.91 Å². The van der Waals surface area contributed by atoms with Crippen molar-refractivity contribution in [2.45, 2.75) is 6.04 Å². The van der Waals surface area contributed by atoms with E-state index in [4.69, 9.17) is 10.8 Å². The molecule has 1 heterocycles.